The Labute approximate surface area is 174 Å². The molecule has 3 N–H and O–H groups in total. The van der Waals surface area contributed by atoms with Crippen LogP contribution < -0.4 is 10.6 Å². The summed E-state index contributed by atoms with van der Waals surface area (Å²) in [6, 6.07) is 9.25. The van der Waals surface area contributed by atoms with E-state index in [1.54, 1.807) is 17.8 Å². The van der Waals surface area contributed by atoms with Crippen LogP contribution in [-0.4, -0.2) is 11.5 Å². The molecule has 1 amide bonds. The summed E-state index contributed by atoms with van der Waals surface area (Å²) in [7, 11) is 0. The van der Waals surface area contributed by atoms with Crippen LogP contribution in [0.1, 0.15) is 34.6 Å². The monoisotopic (exact) mass is 424 g/mol. The van der Waals surface area contributed by atoms with Crippen molar-refractivity contribution in [3.8, 4) is 0 Å². The van der Waals surface area contributed by atoms with E-state index in [9.17, 15) is 4.79 Å². The van der Waals surface area contributed by atoms with Crippen LogP contribution in [-0.2, 0) is 11.4 Å². The van der Waals surface area contributed by atoms with Crippen LogP contribution in [0.4, 0.5) is 5.69 Å². The minimum absolute atomic E-state index is 0.0308. The highest BCUT2D eigenvalue weighted by atomic mass is 35.5. The van der Waals surface area contributed by atoms with E-state index in [1.165, 1.54) is 0 Å². The fourth-order valence-electron chi connectivity index (χ4n) is 2.74. The first-order chi connectivity index (χ1) is 12.8. The van der Waals surface area contributed by atoms with Gasteiger partial charge in [0, 0.05) is 27.0 Å². The number of thioether (sulfide) groups is 1. The largest absolute Gasteiger partial charge is 0.392 e. The van der Waals surface area contributed by atoms with Gasteiger partial charge in [-0.25, -0.2) is 0 Å². The zero-order valence-corrected chi connectivity index (χ0v) is 17.7. The zero-order chi connectivity index (χ0) is 20.0. The first-order valence-corrected chi connectivity index (χ1v) is 10.0. The Morgan fingerprint density at radius 1 is 1.19 bits per heavy atom. The highest BCUT2D eigenvalue weighted by molar-refractivity contribution is 8.02. The standard InChI is InChI=1S/C10H9Cl2NS.C10H13NO2/c1-6-5-14-10(13-6)8-4-7(11)2-3-9(8)12;1-7-3-9(5-12)4-8(2)10(7)11-6-13/h2-5,10,13H,1H3;3-4,6,12H,5H2,1-2H3,(H,11,13). The SMILES string of the molecule is CC1=CSC(c2cc(Cl)ccc2Cl)N1.Cc1cc(CO)cc(C)c1NC=O. The van der Waals surface area contributed by atoms with Gasteiger partial charge in [0.2, 0.25) is 6.41 Å². The number of rotatable bonds is 4. The molecule has 0 radical (unpaired) electrons. The fraction of sp³-hybridized carbons (Fsp3) is 0.250. The van der Waals surface area contributed by atoms with E-state index in [1.807, 2.05) is 45.0 Å². The van der Waals surface area contributed by atoms with Crippen molar-refractivity contribution in [3.63, 3.8) is 0 Å². The molecule has 2 aromatic rings. The molecule has 1 atom stereocenters. The molecule has 27 heavy (non-hydrogen) atoms. The summed E-state index contributed by atoms with van der Waals surface area (Å²) in [5.74, 6) is 0. The Bertz CT molecular complexity index is 833. The summed E-state index contributed by atoms with van der Waals surface area (Å²) in [6.45, 7) is 5.87. The molecule has 0 fully saturated rings. The smallest absolute Gasteiger partial charge is 0.211 e. The molecule has 0 saturated carbocycles. The maximum atomic E-state index is 10.3. The number of amides is 1. The molecule has 0 bridgehead atoms. The van der Waals surface area contributed by atoms with Gasteiger partial charge < -0.3 is 15.7 Å². The quantitative estimate of drug-likeness (QED) is 0.562. The van der Waals surface area contributed by atoms with Crippen molar-refractivity contribution >= 4 is 47.1 Å². The lowest BCUT2D eigenvalue weighted by Crippen LogP contribution is -2.11. The number of hydrogen-bond donors (Lipinski definition) is 3. The number of carbonyl (C=O) groups excluding carboxylic acids is 1. The summed E-state index contributed by atoms with van der Waals surface area (Å²) >= 11 is 13.7. The summed E-state index contributed by atoms with van der Waals surface area (Å²) in [4.78, 5) is 10.3. The number of anilines is 1. The van der Waals surface area contributed by atoms with Gasteiger partial charge in [0.1, 0.15) is 5.37 Å². The fourth-order valence-corrected chi connectivity index (χ4v) is 4.22. The van der Waals surface area contributed by atoms with Crippen LogP contribution >= 0.6 is 35.0 Å². The second kappa shape index (κ2) is 10.0. The second-order valence-corrected chi connectivity index (χ2v) is 7.97. The lowest BCUT2D eigenvalue weighted by atomic mass is 10.0. The molecule has 0 aromatic heterocycles. The summed E-state index contributed by atoms with van der Waals surface area (Å²) in [5, 5.41) is 18.6. The number of allylic oxidation sites excluding steroid dienone is 1. The predicted molar refractivity (Wildman–Crippen MR) is 115 cm³/mol. The third kappa shape index (κ3) is 5.91. The van der Waals surface area contributed by atoms with Crippen LogP contribution in [0.5, 0.6) is 0 Å². The van der Waals surface area contributed by atoms with Crippen LogP contribution in [0, 0.1) is 13.8 Å². The molecule has 1 aliphatic rings. The van der Waals surface area contributed by atoms with E-state index < -0.39 is 0 Å². The Kier molecular flexibility index (Phi) is 8.05. The van der Waals surface area contributed by atoms with Crippen molar-refractivity contribution in [1.82, 2.24) is 5.32 Å². The molecule has 144 valence electrons. The molecule has 1 aliphatic heterocycles. The van der Waals surface area contributed by atoms with Gasteiger partial charge in [-0.15, -0.1) is 11.8 Å². The predicted octanol–water partition coefficient (Wildman–Crippen LogP) is 5.55. The number of aliphatic hydroxyl groups is 1. The minimum Gasteiger partial charge on any atom is -0.392 e. The van der Waals surface area contributed by atoms with Crippen molar-refractivity contribution < 1.29 is 9.90 Å². The van der Waals surface area contributed by atoms with Crippen LogP contribution in [0.3, 0.4) is 0 Å². The van der Waals surface area contributed by atoms with Crippen molar-refractivity contribution in [2.24, 2.45) is 0 Å². The molecular formula is C20H22Cl2N2O2S. The second-order valence-electron chi connectivity index (χ2n) is 6.15. The normalized spacial score (nSPS) is 15.3. The van der Waals surface area contributed by atoms with E-state index in [4.69, 9.17) is 28.3 Å². The number of aliphatic hydroxyl groups excluding tert-OH is 1. The van der Waals surface area contributed by atoms with E-state index in [-0.39, 0.29) is 12.0 Å². The zero-order valence-electron chi connectivity index (χ0n) is 15.3. The van der Waals surface area contributed by atoms with Gasteiger partial charge in [0.15, 0.2) is 0 Å². The molecule has 4 nitrogen and oxygen atoms in total. The van der Waals surface area contributed by atoms with Crippen LogP contribution in [0.25, 0.3) is 0 Å². The van der Waals surface area contributed by atoms with Gasteiger partial charge in [-0.2, -0.15) is 0 Å². The Morgan fingerprint density at radius 3 is 2.37 bits per heavy atom. The lowest BCUT2D eigenvalue weighted by molar-refractivity contribution is -0.105. The molecule has 0 spiro atoms. The van der Waals surface area contributed by atoms with Crippen molar-refractivity contribution in [1.29, 1.82) is 0 Å². The first kappa shape index (κ1) is 21.6. The highest BCUT2D eigenvalue weighted by Crippen LogP contribution is 2.38. The molecule has 0 aliphatic carbocycles. The molecule has 3 rings (SSSR count). The highest BCUT2D eigenvalue weighted by Gasteiger charge is 2.18. The van der Waals surface area contributed by atoms with Gasteiger partial charge in [-0.3, -0.25) is 4.79 Å². The molecule has 7 heteroatoms. The number of aryl methyl sites for hydroxylation is 2. The van der Waals surface area contributed by atoms with Gasteiger partial charge in [-0.1, -0.05) is 35.3 Å². The van der Waals surface area contributed by atoms with E-state index in [0.29, 0.717) is 6.41 Å². The molecule has 2 aromatic carbocycles. The summed E-state index contributed by atoms with van der Waals surface area (Å²) in [5.41, 5.74) is 5.83. The Hall–Kier alpha value is -1.66. The Balaban J connectivity index is 0.000000194. The van der Waals surface area contributed by atoms with Gasteiger partial charge in [0.25, 0.3) is 0 Å². The van der Waals surface area contributed by atoms with Crippen molar-refractivity contribution in [3.05, 3.63) is 73.7 Å². The van der Waals surface area contributed by atoms with Crippen molar-refractivity contribution in [2.45, 2.75) is 32.8 Å². The van der Waals surface area contributed by atoms with Gasteiger partial charge in [0.05, 0.1) is 6.61 Å². The average Bonchev–Trinajstić information content (AvgIpc) is 3.06. The molecular weight excluding hydrogens is 403 g/mol. The molecule has 0 saturated heterocycles. The molecule has 1 heterocycles. The minimum atomic E-state index is 0.0308. The third-order valence-corrected chi connectivity index (χ3v) is 5.67. The average molecular weight is 425 g/mol. The summed E-state index contributed by atoms with van der Waals surface area (Å²) in [6.07, 6.45) is 0.661. The number of halogens is 2. The maximum absolute atomic E-state index is 10.3. The number of nitrogens with one attached hydrogen (secondary N) is 2. The maximum Gasteiger partial charge on any atom is 0.211 e. The van der Waals surface area contributed by atoms with E-state index >= 15 is 0 Å². The van der Waals surface area contributed by atoms with Gasteiger partial charge >= 0.3 is 0 Å². The topological polar surface area (TPSA) is 61.4 Å². The number of carbonyl (C=O) groups is 1. The number of benzene rings is 2. The molecule has 1 unspecified atom stereocenters. The van der Waals surface area contributed by atoms with Crippen LogP contribution in [0.15, 0.2) is 41.4 Å². The summed E-state index contributed by atoms with van der Waals surface area (Å²) < 4.78 is 0. The van der Waals surface area contributed by atoms with E-state index in [0.717, 1.165) is 43.7 Å². The lowest BCUT2D eigenvalue weighted by Gasteiger charge is -2.13. The van der Waals surface area contributed by atoms with E-state index in [2.05, 4.69) is 16.0 Å². The third-order valence-electron chi connectivity index (χ3n) is 3.96. The number of hydrogen-bond acceptors (Lipinski definition) is 4. The van der Waals surface area contributed by atoms with Gasteiger partial charge in [-0.05, 0) is 61.1 Å². The Morgan fingerprint density at radius 2 is 1.85 bits per heavy atom. The van der Waals surface area contributed by atoms with Crippen molar-refractivity contribution in [2.75, 3.05) is 5.32 Å². The van der Waals surface area contributed by atoms with Crippen LogP contribution in [0.2, 0.25) is 10.0 Å². The first-order valence-electron chi connectivity index (χ1n) is 8.30.